The minimum absolute atomic E-state index is 0.00824. The molecule has 2 saturated carbocycles. The first-order valence-electron chi connectivity index (χ1n) is 4.65. The molecule has 76 valence electrons. The summed E-state index contributed by atoms with van der Waals surface area (Å²) in [6.07, 6.45) is 1.37. The Bertz CT molecular complexity index is 320. The number of hydrogen-bond acceptors (Lipinski definition) is 2. The largest absolute Gasteiger partial charge is 0.481 e. The maximum Gasteiger partial charge on any atom is 0.307 e. The summed E-state index contributed by atoms with van der Waals surface area (Å²) in [5.41, 5.74) is 0.917. The molecule has 0 saturated heterocycles. The maximum absolute atomic E-state index is 10.9. The third-order valence-corrected chi connectivity index (χ3v) is 3.50. The van der Waals surface area contributed by atoms with Gasteiger partial charge in [-0.2, -0.15) is 0 Å². The van der Waals surface area contributed by atoms with Crippen LogP contribution in [0.4, 0.5) is 0 Å². The van der Waals surface area contributed by atoms with Gasteiger partial charge in [-0.1, -0.05) is 12.2 Å². The van der Waals surface area contributed by atoms with E-state index in [2.05, 4.69) is 6.58 Å². The van der Waals surface area contributed by atoms with Crippen molar-refractivity contribution in [3.05, 3.63) is 12.2 Å². The van der Waals surface area contributed by atoms with Crippen molar-refractivity contribution in [2.24, 2.45) is 23.7 Å². The zero-order valence-electron chi connectivity index (χ0n) is 7.64. The van der Waals surface area contributed by atoms with Gasteiger partial charge in [-0.15, -0.1) is 0 Å². The SMILES string of the molecule is C=C1CC2CC1C(C(=O)O)C2C(=O)O. The van der Waals surface area contributed by atoms with Gasteiger partial charge >= 0.3 is 11.9 Å². The Labute approximate surface area is 81.2 Å². The van der Waals surface area contributed by atoms with Crippen molar-refractivity contribution in [1.82, 2.24) is 0 Å². The highest BCUT2D eigenvalue weighted by atomic mass is 16.4. The van der Waals surface area contributed by atoms with E-state index in [0.717, 1.165) is 5.57 Å². The Hall–Kier alpha value is -1.32. The van der Waals surface area contributed by atoms with Crippen molar-refractivity contribution >= 4 is 11.9 Å². The van der Waals surface area contributed by atoms with Crippen LogP contribution in [0, 0.1) is 23.7 Å². The number of fused-ring (bicyclic) bond motifs is 2. The van der Waals surface area contributed by atoms with Crippen molar-refractivity contribution in [1.29, 1.82) is 0 Å². The Morgan fingerprint density at radius 2 is 1.79 bits per heavy atom. The summed E-state index contributed by atoms with van der Waals surface area (Å²) in [4.78, 5) is 21.9. The van der Waals surface area contributed by atoms with E-state index in [0.29, 0.717) is 12.8 Å². The normalized spacial score (nSPS) is 40.1. The van der Waals surface area contributed by atoms with E-state index < -0.39 is 23.8 Å². The van der Waals surface area contributed by atoms with Crippen LogP contribution in [0.25, 0.3) is 0 Å². The molecule has 2 rings (SSSR count). The lowest BCUT2D eigenvalue weighted by molar-refractivity contribution is -0.155. The number of carboxylic acid groups (broad SMARTS) is 2. The summed E-state index contributed by atoms with van der Waals surface area (Å²) in [5.74, 6) is -3.55. The van der Waals surface area contributed by atoms with Crippen LogP contribution in [0.2, 0.25) is 0 Å². The molecule has 2 fully saturated rings. The summed E-state index contributed by atoms with van der Waals surface area (Å²) in [7, 11) is 0. The monoisotopic (exact) mass is 196 g/mol. The smallest absolute Gasteiger partial charge is 0.307 e. The summed E-state index contributed by atoms with van der Waals surface area (Å²) in [6.45, 7) is 3.81. The Morgan fingerprint density at radius 3 is 2.29 bits per heavy atom. The fourth-order valence-electron chi connectivity index (χ4n) is 2.96. The van der Waals surface area contributed by atoms with Gasteiger partial charge in [-0.05, 0) is 24.7 Å². The molecule has 0 aliphatic heterocycles. The van der Waals surface area contributed by atoms with Crippen LogP contribution in [0.15, 0.2) is 12.2 Å². The van der Waals surface area contributed by atoms with Gasteiger partial charge in [0.15, 0.2) is 0 Å². The molecule has 4 heteroatoms. The number of carbonyl (C=O) groups is 2. The lowest BCUT2D eigenvalue weighted by atomic mass is 9.77. The fraction of sp³-hybridized carbons (Fsp3) is 0.600. The minimum atomic E-state index is -0.995. The molecular weight excluding hydrogens is 184 g/mol. The molecule has 0 spiro atoms. The van der Waals surface area contributed by atoms with Crippen LogP contribution >= 0.6 is 0 Å². The number of aliphatic carboxylic acids is 2. The summed E-state index contributed by atoms with van der Waals surface area (Å²) < 4.78 is 0. The van der Waals surface area contributed by atoms with E-state index >= 15 is 0 Å². The zero-order valence-corrected chi connectivity index (χ0v) is 7.64. The second-order valence-electron chi connectivity index (χ2n) is 4.19. The molecule has 0 amide bonds. The standard InChI is InChI=1S/C10H12O4/c1-4-2-5-3-6(4)8(10(13)14)7(5)9(11)12/h5-8H,1-3H2,(H,11,12)(H,13,14). The van der Waals surface area contributed by atoms with Crippen LogP contribution in [-0.2, 0) is 9.59 Å². The molecule has 4 unspecified atom stereocenters. The van der Waals surface area contributed by atoms with Crippen LogP contribution < -0.4 is 0 Å². The molecule has 0 aromatic rings. The predicted octanol–water partition coefficient (Wildman–Crippen LogP) is 0.984. The molecule has 2 aliphatic rings. The third-order valence-electron chi connectivity index (χ3n) is 3.50. The van der Waals surface area contributed by atoms with E-state index in [1.807, 2.05) is 0 Å². The topological polar surface area (TPSA) is 74.6 Å². The molecule has 14 heavy (non-hydrogen) atoms. The Kier molecular flexibility index (Phi) is 1.87. The third kappa shape index (κ3) is 1.06. The molecule has 0 heterocycles. The van der Waals surface area contributed by atoms with Crippen LogP contribution in [0.1, 0.15) is 12.8 Å². The van der Waals surface area contributed by atoms with Crippen molar-refractivity contribution < 1.29 is 19.8 Å². The van der Waals surface area contributed by atoms with Gasteiger partial charge in [-0.25, -0.2) is 0 Å². The maximum atomic E-state index is 10.9. The van der Waals surface area contributed by atoms with E-state index in [4.69, 9.17) is 10.2 Å². The number of allylic oxidation sites excluding steroid dienone is 1. The molecule has 4 nitrogen and oxygen atoms in total. The van der Waals surface area contributed by atoms with E-state index in [9.17, 15) is 9.59 Å². The number of rotatable bonds is 2. The molecule has 0 aromatic carbocycles. The molecule has 0 radical (unpaired) electrons. The lowest BCUT2D eigenvalue weighted by Gasteiger charge is -2.25. The van der Waals surface area contributed by atoms with Gasteiger partial charge in [-0.3, -0.25) is 9.59 Å². The van der Waals surface area contributed by atoms with Crippen molar-refractivity contribution in [3.63, 3.8) is 0 Å². The highest BCUT2D eigenvalue weighted by molar-refractivity contribution is 5.82. The van der Waals surface area contributed by atoms with Crippen LogP contribution in [0.5, 0.6) is 0 Å². The first kappa shape index (κ1) is 9.24. The average Bonchev–Trinajstić information content (AvgIpc) is 2.58. The first-order chi connectivity index (χ1) is 6.52. The van der Waals surface area contributed by atoms with E-state index in [1.165, 1.54) is 0 Å². The number of carboxylic acids is 2. The minimum Gasteiger partial charge on any atom is -0.481 e. The summed E-state index contributed by atoms with van der Waals surface area (Å²) in [5, 5.41) is 17.9. The van der Waals surface area contributed by atoms with Crippen LogP contribution in [-0.4, -0.2) is 22.2 Å². The van der Waals surface area contributed by atoms with Gasteiger partial charge < -0.3 is 10.2 Å². The van der Waals surface area contributed by atoms with Gasteiger partial charge in [0, 0.05) is 0 Å². The van der Waals surface area contributed by atoms with Gasteiger partial charge in [0.25, 0.3) is 0 Å². The van der Waals surface area contributed by atoms with Gasteiger partial charge in [0.1, 0.15) is 0 Å². The van der Waals surface area contributed by atoms with E-state index in [-0.39, 0.29) is 11.8 Å². The zero-order chi connectivity index (χ0) is 10.5. The highest BCUT2D eigenvalue weighted by Gasteiger charge is 2.55. The molecule has 2 bridgehead atoms. The molecule has 4 atom stereocenters. The second kappa shape index (κ2) is 2.83. The predicted molar refractivity (Wildman–Crippen MR) is 47.6 cm³/mol. The second-order valence-corrected chi connectivity index (χ2v) is 4.19. The fourth-order valence-corrected chi connectivity index (χ4v) is 2.96. The highest BCUT2D eigenvalue weighted by Crippen LogP contribution is 2.54. The van der Waals surface area contributed by atoms with E-state index in [1.54, 1.807) is 0 Å². The molecule has 2 N–H and O–H groups in total. The lowest BCUT2D eigenvalue weighted by Crippen LogP contribution is -2.35. The quantitative estimate of drug-likeness (QED) is 0.646. The molecule has 0 aromatic heterocycles. The summed E-state index contributed by atoms with van der Waals surface area (Å²) >= 11 is 0. The van der Waals surface area contributed by atoms with Gasteiger partial charge in [0.05, 0.1) is 11.8 Å². The number of hydrogen-bond donors (Lipinski definition) is 2. The van der Waals surface area contributed by atoms with Gasteiger partial charge in [0.2, 0.25) is 0 Å². The van der Waals surface area contributed by atoms with Crippen molar-refractivity contribution in [2.75, 3.05) is 0 Å². The molecular formula is C10H12O4. The van der Waals surface area contributed by atoms with Crippen LogP contribution in [0.3, 0.4) is 0 Å². The van der Waals surface area contributed by atoms with Crippen molar-refractivity contribution in [2.45, 2.75) is 12.8 Å². The Balaban J connectivity index is 2.32. The van der Waals surface area contributed by atoms with Crippen molar-refractivity contribution in [3.8, 4) is 0 Å². The molecule has 2 aliphatic carbocycles. The average molecular weight is 196 g/mol. The first-order valence-corrected chi connectivity index (χ1v) is 4.65. The summed E-state index contributed by atoms with van der Waals surface area (Å²) in [6, 6.07) is 0. The Morgan fingerprint density at radius 1 is 1.21 bits per heavy atom.